The lowest BCUT2D eigenvalue weighted by Crippen LogP contribution is -1.81. The van der Waals surface area contributed by atoms with Crippen molar-refractivity contribution in [2.75, 3.05) is 0 Å². The molecule has 0 saturated carbocycles. The molecule has 8 bridgehead atoms. The summed E-state index contributed by atoms with van der Waals surface area (Å²) in [5, 5.41) is 0. The second-order valence-electron chi connectivity index (χ2n) is 5.98. The first-order chi connectivity index (χ1) is 11.8. The summed E-state index contributed by atoms with van der Waals surface area (Å²) in [6.45, 7) is 0. The van der Waals surface area contributed by atoms with Gasteiger partial charge in [-0.05, 0) is 53.6 Å². The lowest BCUT2D eigenvalue weighted by atomic mass is 10.0. The molecule has 0 atom stereocenters. The van der Waals surface area contributed by atoms with Crippen molar-refractivity contribution in [1.29, 1.82) is 0 Å². The summed E-state index contributed by atoms with van der Waals surface area (Å²) in [6.07, 6.45) is 0. The van der Waals surface area contributed by atoms with Crippen LogP contribution in [0.4, 0.5) is 0 Å². The number of aromatic nitrogens is 2. The van der Waals surface area contributed by atoms with Crippen LogP contribution in [0.1, 0.15) is 0 Å². The van der Waals surface area contributed by atoms with Gasteiger partial charge in [0.15, 0.2) is 11.2 Å². The van der Waals surface area contributed by atoms with Crippen LogP contribution < -0.4 is 0 Å². The van der Waals surface area contributed by atoms with Gasteiger partial charge in [-0.15, -0.1) is 0 Å². The number of nitrogens with zero attached hydrogens (tertiary/aromatic N) is 2. The van der Waals surface area contributed by atoms with Gasteiger partial charge in [-0.3, -0.25) is 0 Å². The van der Waals surface area contributed by atoms with Gasteiger partial charge in [0.2, 0.25) is 11.8 Å². The predicted molar refractivity (Wildman–Crippen MR) is 91.4 cm³/mol. The lowest BCUT2D eigenvalue weighted by Gasteiger charge is -2.00. The Hall–Kier alpha value is -3.40. The fraction of sp³-hybridized carbons (Fsp3) is 0. The minimum atomic E-state index is 0.605. The lowest BCUT2D eigenvalue weighted by molar-refractivity contribution is 0.617. The Kier molecular flexibility index (Phi) is 2.07. The molecule has 1 aliphatic rings. The summed E-state index contributed by atoms with van der Waals surface area (Å²) in [4.78, 5) is 9.31. The quantitative estimate of drug-likeness (QED) is 0.383. The highest BCUT2D eigenvalue weighted by Crippen LogP contribution is 2.34. The molecule has 4 heteroatoms. The Labute approximate surface area is 136 Å². The molecule has 0 saturated heterocycles. The fourth-order valence-corrected chi connectivity index (χ4v) is 3.25. The first-order valence-electron chi connectivity index (χ1n) is 7.76. The Bertz CT molecular complexity index is 1170. The number of rotatable bonds is 0. The summed E-state index contributed by atoms with van der Waals surface area (Å²) >= 11 is 0. The molecular weight excluding hydrogens is 300 g/mol. The smallest absolute Gasteiger partial charge is 0.227 e. The molecule has 0 fully saturated rings. The maximum Gasteiger partial charge on any atom is 0.227 e. The van der Waals surface area contributed by atoms with Gasteiger partial charge in [0.25, 0.3) is 0 Å². The van der Waals surface area contributed by atoms with Crippen LogP contribution in [0.5, 0.6) is 0 Å². The molecule has 0 amide bonds. The number of oxazole rings is 2. The summed E-state index contributed by atoms with van der Waals surface area (Å²) in [6, 6.07) is 20.0. The maximum absolute atomic E-state index is 5.92. The van der Waals surface area contributed by atoms with Crippen molar-refractivity contribution in [2.24, 2.45) is 0 Å². The van der Waals surface area contributed by atoms with Crippen molar-refractivity contribution in [2.45, 2.75) is 0 Å². The topological polar surface area (TPSA) is 52.1 Å². The number of hydrogen-bond acceptors (Lipinski definition) is 4. The van der Waals surface area contributed by atoms with E-state index < -0.39 is 0 Å². The van der Waals surface area contributed by atoms with Crippen LogP contribution in [0, 0.1) is 0 Å². The normalized spacial score (nSPS) is 12.2. The summed E-state index contributed by atoms with van der Waals surface area (Å²) < 4.78 is 11.8. The van der Waals surface area contributed by atoms with Crippen LogP contribution in [0.2, 0.25) is 0 Å². The van der Waals surface area contributed by atoms with Crippen molar-refractivity contribution in [3.8, 4) is 34.0 Å². The molecule has 0 N–H and O–H groups in total. The van der Waals surface area contributed by atoms with E-state index in [1.165, 1.54) is 0 Å². The second-order valence-corrected chi connectivity index (χ2v) is 5.98. The molecule has 0 radical (unpaired) electrons. The molecule has 3 aromatic carbocycles. The number of benzene rings is 3. The highest BCUT2D eigenvalue weighted by Gasteiger charge is 2.15. The molecule has 4 nitrogen and oxygen atoms in total. The second kappa shape index (κ2) is 4.11. The van der Waals surface area contributed by atoms with Crippen LogP contribution in [-0.2, 0) is 0 Å². The van der Waals surface area contributed by atoms with Crippen LogP contribution in [0.3, 0.4) is 0 Å². The van der Waals surface area contributed by atoms with Crippen molar-refractivity contribution in [3.05, 3.63) is 60.7 Å². The summed E-state index contributed by atoms with van der Waals surface area (Å²) in [5.74, 6) is 1.21. The Morgan fingerprint density at radius 1 is 0.542 bits per heavy atom. The molecule has 112 valence electrons. The van der Waals surface area contributed by atoms with Crippen LogP contribution in [-0.4, -0.2) is 9.97 Å². The van der Waals surface area contributed by atoms with E-state index in [-0.39, 0.29) is 0 Å². The van der Waals surface area contributed by atoms with Gasteiger partial charge in [0.1, 0.15) is 11.0 Å². The molecule has 3 heterocycles. The minimum Gasteiger partial charge on any atom is -0.436 e. The van der Waals surface area contributed by atoms with Crippen LogP contribution in [0.25, 0.3) is 56.2 Å². The zero-order chi connectivity index (χ0) is 15.7. The monoisotopic (exact) mass is 310 g/mol. The summed E-state index contributed by atoms with van der Waals surface area (Å²) in [7, 11) is 0. The first-order valence-corrected chi connectivity index (χ1v) is 7.76. The van der Waals surface area contributed by atoms with Gasteiger partial charge in [-0.2, -0.15) is 0 Å². The van der Waals surface area contributed by atoms with Gasteiger partial charge >= 0.3 is 0 Å². The van der Waals surface area contributed by atoms with Crippen LogP contribution in [0.15, 0.2) is 69.5 Å². The molecule has 5 aromatic rings. The largest absolute Gasteiger partial charge is 0.436 e. The molecule has 24 heavy (non-hydrogen) atoms. The Balaban J connectivity index is 1.82. The van der Waals surface area contributed by atoms with E-state index in [4.69, 9.17) is 8.83 Å². The number of fused-ring (bicyclic) bond motifs is 9. The van der Waals surface area contributed by atoms with E-state index in [0.717, 1.165) is 44.5 Å². The first kappa shape index (κ1) is 12.1. The third-order valence-corrected chi connectivity index (χ3v) is 4.46. The van der Waals surface area contributed by atoms with Gasteiger partial charge in [-0.1, -0.05) is 18.2 Å². The molecular formula is C20H10N2O2. The van der Waals surface area contributed by atoms with Crippen molar-refractivity contribution in [1.82, 2.24) is 9.97 Å². The third-order valence-electron chi connectivity index (χ3n) is 4.46. The molecule has 0 aliphatic carbocycles. The highest BCUT2D eigenvalue weighted by atomic mass is 16.4. The van der Waals surface area contributed by atoms with Crippen molar-refractivity contribution >= 4 is 22.2 Å². The minimum absolute atomic E-state index is 0.605. The zero-order valence-electron chi connectivity index (χ0n) is 12.5. The van der Waals surface area contributed by atoms with E-state index in [1.54, 1.807) is 0 Å². The van der Waals surface area contributed by atoms with E-state index in [1.807, 2.05) is 60.7 Å². The molecule has 0 spiro atoms. The van der Waals surface area contributed by atoms with Gasteiger partial charge in [-0.25, -0.2) is 9.97 Å². The maximum atomic E-state index is 5.92. The standard InChI is InChI=1S/C20H10N2O2/c1-2-13-8-14(3-1)20-22-16-10-12(5-7-18(16)24-20)11-4-6-17-15(9-11)21-19(13)23-17/h1-10H. The van der Waals surface area contributed by atoms with E-state index >= 15 is 0 Å². The van der Waals surface area contributed by atoms with Crippen LogP contribution >= 0.6 is 0 Å². The van der Waals surface area contributed by atoms with Crippen molar-refractivity contribution in [3.63, 3.8) is 0 Å². The summed E-state index contributed by atoms with van der Waals surface area (Å²) in [5.41, 5.74) is 7.26. The van der Waals surface area contributed by atoms with E-state index in [2.05, 4.69) is 9.97 Å². The SMILES string of the molecule is c1cc2cc(c1)-c1nc3cc(ccc3o1)-c1ccc3oc-2nc3c1. The third kappa shape index (κ3) is 1.57. The highest BCUT2D eigenvalue weighted by molar-refractivity contribution is 5.87. The Morgan fingerprint density at radius 3 is 1.62 bits per heavy atom. The van der Waals surface area contributed by atoms with E-state index in [0.29, 0.717) is 11.8 Å². The molecule has 1 aliphatic heterocycles. The van der Waals surface area contributed by atoms with Gasteiger partial charge in [0.05, 0.1) is 0 Å². The fourth-order valence-electron chi connectivity index (χ4n) is 3.25. The molecule has 0 unspecified atom stereocenters. The molecule has 6 rings (SSSR count). The van der Waals surface area contributed by atoms with Gasteiger partial charge < -0.3 is 8.83 Å². The molecule has 2 aromatic heterocycles. The Morgan fingerprint density at radius 2 is 1.08 bits per heavy atom. The zero-order valence-corrected chi connectivity index (χ0v) is 12.5. The predicted octanol–water partition coefficient (Wildman–Crippen LogP) is 5.28. The average molecular weight is 310 g/mol. The number of hydrogen-bond donors (Lipinski definition) is 0. The van der Waals surface area contributed by atoms with E-state index in [9.17, 15) is 0 Å². The average Bonchev–Trinajstić information content (AvgIpc) is 3.23. The van der Waals surface area contributed by atoms with Gasteiger partial charge in [0, 0.05) is 11.1 Å². The van der Waals surface area contributed by atoms with Crippen molar-refractivity contribution < 1.29 is 8.83 Å².